The summed E-state index contributed by atoms with van der Waals surface area (Å²) in [5.74, 6) is -0.796. The molecule has 1 atom stereocenters. The van der Waals surface area contributed by atoms with Crippen LogP contribution < -0.4 is 5.32 Å². The van der Waals surface area contributed by atoms with Crippen molar-refractivity contribution in [1.29, 1.82) is 0 Å². The second kappa shape index (κ2) is 9.26. The normalized spacial score (nSPS) is 13.1. The van der Waals surface area contributed by atoms with Crippen molar-refractivity contribution in [3.63, 3.8) is 0 Å². The second-order valence-electron chi connectivity index (χ2n) is 3.62. The standard InChI is InChI=1S/C7H15NO2.3HI.V/c1-7(2,3)5(8-4)6(9)10;;;;/h5,8H,1-4H3,(H,9,10);3*1H;/q;;;;+3/p-3. The first-order valence-electron chi connectivity index (χ1n) is 3.80. The van der Waals surface area contributed by atoms with Crippen LogP contribution in [0.5, 0.6) is 0 Å². The molecular weight excluding hydrogens is 562 g/mol. The van der Waals surface area contributed by atoms with Crippen molar-refractivity contribution >= 4 is 65.9 Å². The summed E-state index contributed by atoms with van der Waals surface area (Å²) in [6.45, 7) is 5.67. The third kappa shape index (κ3) is 12.3. The van der Waals surface area contributed by atoms with Gasteiger partial charge in [0.2, 0.25) is 0 Å². The topological polar surface area (TPSA) is 49.3 Å². The Morgan fingerprint density at radius 1 is 1.36 bits per heavy atom. The number of nitrogens with one attached hydrogen (secondary N) is 1. The molecule has 14 heavy (non-hydrogen) atoms. The molecule has 0 aliphatic heterocycles. The fourth-order valence-corrected chi connectivity index (χ4v) is 0.927. The molecule has 0 aromatic carbocycles. The summed E-state index contributed by atoms with van der Waals surface area (Å²) in [4.78, 5) is 10.2. The number of halogens is 3. The van der Waals surface area contributed by atoms with Gasteiger partial charge in [0, 0.05) is 0 Å². The van der Waals surface area contributed by atoms with E-state index in [1.807, 2.05) is 20.8 Å². The molecule has 0 fully saturated rings. The minimum absolute atomic E-state index is 0.222. The quantitative estimate of drug-likeness (QED) is 0.496. The zero-order valence-electron chi connectivity index (χ0n) is 8.51. The second-order valence-corrected chi connectivity index (χ2v) is 39.0. The molecule has 0 amide bonds. The van der Waals surface area contributed by atoms with Crippen LogP contribution in [-0.4, -0.2) is 24.2 Å². The summed E-state index contributed by atoms with van der Waals surface area (Å²) in [6, 6.07) is -0.465. The number of rotatable bonds is 2. The Morgan fingerprint density at radius 2 is 1.64 bits per heavy atom. The molecule has 0 aliphatic rings. The Hall–Kier alpha value is 2.20. The Bertz CT molecular complexity index is 170. The molecule has 0 aromatic rings. The van der Waals surface area contributed by atoms with Gasteiger partial charge in [-0.05, 0) is 12.5 Å². The van der Waals surface area contributed by atoms with E-state index in [1.165, 1.54) is 0 Å². The number of carboxylic acids is 1. The number of aliphatic carboxylic acids is 1. The van der Waals surface area contributed by atoms with E-state index in [1.54, 1.807) is 7.05 Å². The van der Waals surface area contributed by atoms with E-state index in [0.717, 1.165) is 0 Å². The molecule has 0 saturated carbocycles. The van der Waals surface area contributed by atoms with Gasteiger partial charge in [-0.25, -0.2) is 0 Å². The van der Waals surface area contributed by atoms with Crippen molar-refractivity contribution in [2.24, 2.45) is 5.41 Å². The van der Waals surface area contributed by atoms with Crippen LogP contribution >= 0.6 is 59.9 Å². The van der Waals surface area contributed by atoms with Gasteiger partial charge in [0.05, 0.1) is 0 Å². The van der Waals surface area contributed by atoms with Crippen LogP contribution in [-0.2, 0) is 9.72 Å². The molecular formula is C7H15I3NO2V. The molecule has 3 nitrogen and oxygen atoms in total. The SMILES string of the molecule is CNC(C(=O)O)C(C)(C)C.[I][V]([I])[I]. The van der Waals surface area contributed by atoms with Gasteiger partial charge >= 0.3 is 70.8 Å². The monoisotopic (exact) mass is 577 g/mol. The van der Waals surface area contributed by atoms with Crippen molar-refractivity contribution in [2.45, 2.75) is 26.8 Å². The molecule has 0 heterocycles. The zero-order valence-corrected chi connectivity index (χ0v) is 16.4. The molecule has 0 bridgehead atoms. The summed E-state index contributed by atoms with van der Waals surface area (Å²) < 4.78 is 0. The first-order chi connectivity index (χ1) is 6.12. The summed E-state index contributed by atoms with van der Waals surface area (Å²) in [7, 11) is 1.66. The van der Waals surface area contributed by atoms with E-state index in [4.69, 9.17) is 5.11 Å². The molecule has 86 valence electrons. The van der Waals surface area contributed by atoms with E-state index >= 15 is 0 Å². The molecule has 0 spiro atoms. The van der Waals surface area contributed by atoms with Gasteiger partial charge in [-0.3, -0.25) is 4.79 Å². The van der Waals surface area contributed by atoms with Crippen LogP contribution in [0.3, 0.4) is 0 Å². The van der Waals surface area contributed by atoms with Crippen molar-refractivity contribution in [3.8, 4) is 0 Å². The fraction of sp³-hybridized carbons (Fsp3) is 0.857. The Morgan fingerprint density at radius 3 is 1.64 bits per heavy atom. The first kappa shape index (κ1) is 18.6. The van der Waals surface area contributed by atoms with Crippen LogP contribution in [0, 0.1) is 5.41 Å². The van der Waals surface area contributed by atoms with E-state index in [9.17, 15) is 4.79 Å². The van der Waals surface area contributed by atoms with Gasteiger partial charge in [0.15, 0.2) is 0 Å². The van der Waals surface area contributed by atoms with Gasteiger partial charge in [-0.15, -0.1) is 0 Å². The van der Waals surface area contributed by atoms with Gasteiger partial charge in [0.25, 0.3) is 0 Å². The molecule has 0 saturated heterocycles. The molecule has 0 rings (SSSR count). The van der Waals surface area contributed by atoms with Crippen LogP contribution in [0.25, 0.3) is 0 Å². The Kier molecular flexibility index (Phi) is 12.3. The number of hydrogen-bond donors (Lipinski definition) is 2. The fourth-order valence-electron chi connectivity index (χ4n) is 0.927. The van der Waals surface area contributed by atoms with E-state index < -0.39 is 12.0 Å². The van der Waals surface area contributed by atoms with E-state index in [0.29, 0.717) is 0 Å². The maximum atomic E-state index is 10.5. The molecule has 1 unspecified atom stereocenters. The zero-order chi connectivity index (χ0) is 11.9. The molecule has 0 aliphatic carbocycles. The predicted octanol–water partition coefficient (Wildman–Crippen LogP) is 3.36. The molecule has 2 N–H and O–H groups in total. The Balaban J connectivity index is 0. The predicted molar refractivity (Wildman–Crippen MR) is 82.0 cm³/mol. The minimum atomic E-state index is -0.796. The number of likely N-dealkylation sites (N-methyl/N-ethyl adjacent to an activating group) is 1. The van der Waals surface area contributed by atoms with Gasteiger partial charge < -0.3 is 10.4 Å². The number of carboxylic acid groups (broad SMARTS) is 1. The van der Waals surface area contributed by atoms with Crippen LogP contribution in [0.15, 0.2) is 0 Å². The summed E-state index contributed by atoms with van der Waals surface area (Å²) >= 11 is 7.39. The van der Waals surface area contributed by atoms with Crippen LogP contribution in [0.1, 0.15) is 20.8 Å². The first-order valence-corrected chi connectivity index (χ1v) is 17.3. The summed E-state index contributed by atoms with van der Waals surface area (Å²) in [6.07, 6.45) is 0. The van der Waals surface area contributed by atoms with E-state index in [-0.39, 0.29) is 10.3 Å². The van der Waals surface area contributed by atoms with Crippen molar-refractivity contribution in [3.05, 3.63) is 0 Å². The maximum absolute atomic E-state index is 10.5. The number of hydrogen-bond acceptors (Lipinski definition) is 2. The van der Waals surface area contributed by atoms with Crippen molar-refractivity contribution in [2.75, 3.05) is 7.05 Å². The third-order valence-corrected chi connectivity index (χ3v) is 1.40. The van der Waals surface area contributed by atoms with Crippen molar-refractivity contribution in [1.82, 2.24) is 5.32 Å². The van der Waals surface area contributed by atoms with E-state index in [2.05, 4.69) is 65.3 Å². The van der Waals surface area contributed by atoms with Gasteiger partial charge in [-0.1, -0.05) is 20.8 Å². The summed E-state index contributed by atoms with van der Waals surface area (Å²) in [5, 5.41) is 11.4. The van der Waals surface area contributed by atoms with Gasteiger partial charge in [-0.2, -0.15) is 0 Å². The molecule has 0 aromatic heterocycles. The molecule has 7 heteroatoms. The summed E-state index contributed by atoms with van der Waals surface area (Å²) in [5.41, 5.74) is -0.222. The Labute approximate surface area is 123 Å². The average Bonchev–Trinajstić information content (AvgIpc) is 1.81. The van der Waals surface area contributed by atoms with Gasteiger partial charge in [0.1, 0.15) is 6.04 Å². The van der Waals surface area contributed by atoms with Crippen molar-refractivity contribution < 1.29 is 14.8 Å². The third-order valence-electron chi connectivity index (χ3n) is 1.40. The average molecular weight is 577 g/mol. The molecule has 0 radical (unpaired) electrons. The number of carbonyl (C=O) groups is 1. The van der Waals surface area contributed by atoms with Crippen LogP contribution in [0.2, 0.25) is 0 Å². The van der Waals surface area contributed by atoms with Crippen LogP contribution in [0.4, 0.5) is 0 Å².